The molecule has 0 saturated carbocycles. The van der Waals surface area contributed by atoms with Crippen LogP contribution in [0.1, 0.15) is 31.1 Å². The molecule has 0 saturated heterocycles. The van der Waals surface area contributed by atoms with Crippen molar-refractivity contribution in [3.8, 4) is 0 Å². The second kappa shape index (κ2) is 5.10. The van der Waals surface area contributed by atoms with Crippen molar-refractivity contribution in [2.24, 2.45) is 5.41 Å². The molecular formula is C13H17NO3. The maximum atomic E-state index is 11.7. The molecule has 2 N–H and O–H groups in total. The Balaban J connectivity index is 2.76. The zero-order chi connectivity index (χ0) is 13.1. The van der Waals surface area contributed by atoms with Crippen molar-refractivity contribution >= 4 is 17.4 Å². The van der Waals surface area contributed by atoms with Crippen molar-refractivity contribution < 1.29 is 14.7 Å². The summed E-state index contributed by atoms with van der Waals surface area (Å²) in [6.07, 6.45) is 0. The number of carbonyl (C=O) groups excluding carboxylic acids is 2. The number of ketones is 1. The summed E-state index contributed by atoms with van der Waals surface area (Å²) < 4.78 is 0. The van der Waals surface area contributed by atoms with Gasteiger partial charge in [-0.15, -0.1) is 0 Å². The Morgan fingerprint density at radius 2 is 1.71 bits per heavy atom. The second-order valence-corrected chi connectivity index (χ2v) is 4.86. The van der Waals surface area contributed by atoms with Crippen LogP contribution in [0, 0.1) is 5.41 Å². The number of nitrogens with one attached hydrogen (secondary N) is 1. The van der Waals surface area contributed by atoms with Gasteiger partial charge in [0.15, 0.2) is 5.78 Å². The van der Waals surface area contributed by atoms with Crippen LogP contribution in [-0.2, 0) is 4.79 Å². The summed E-state index contributed by atoms with van der Waals surface area (Å²) in [5.41, 5.74) is 0.611. The summed E-state index contributed by atoms with van der Waals surface area (Å²) in [5, 5.41) is 11.4. The zero-order valence-corrected chi connectivity index (χ0v) is 10.3. The summed E-state index contributed by atoms with van der Waals surface area (Å²) in [5.74, 6) is -0.419. The molecule has 4 nitrogen and oxygen atoms in total. The fraction of sp³-hybridized carbons (Fsp3) is 0.385. The van der Waals surface area contributed by atoms with Crippen LogP contribution < -0.4 is 5.32 Å². The lowest BCUT2D eigenvalue weighted by Crippen LogP contribution is -2.27. The Kier molecular flexibility index (Phi) is 4.02. The van der Waals surface area contributed by atoms with E-state index in [0.29, 0.717) is 11.3 Å². The van der Waals surface area contributed by atoms with Crippen LogP contribution in [0.15, 0.2) is 24.3 Å². The monoisotopic (exact) mass is 235 g/mol. The molecule has 0 aliphatic carbocycles. The molecule has 0 fully saturated rings. The Labute approximate surface area is 101 Å². The first kappa shape index (κ1) is 13.4. The Bertz CT molecular complexity index is 415. The highest BCUT2D eigenvalue weighted by Crippen LogP contribution is 2.17. The highest BCUT2D eigenvalue weighted by Gasteiger charge is 2.21. The third-order valence-corrected chi connectivity index (χ3v) is 2.29. The van der Waals surface area contributed by atoms with E-state index in [2.05, 4.69) is 5.32 Å². The number of Topliss-reactive ketones (excluding diaryl/α,β-unsaturated/α-hetero) is 1. The van der Waals surface area contributed by atoms with Gasteiger partial charge in [-0.05, 0) is 24.3 Å². The van der Waals surface area contributed by atoms with Gasteiger partial charge in [-0.2, -0.15) is 0 Å². The van der Waals surface area contributed by atoms with Gasteiger partial charge in [0.25, 0.3) is 0 Å². The number of aliphatic hydroxyl groups is 1. The predicted molar refractivity (Wildman–Crippen MR) is 65.9 cm³/mol. The highest BCUT2D eigenvalue weighted by atomic mass is 16.3. The molecule has 0 spiro atoms. The number of benzene rings is 1. The molecule has 0 aromatic heterocycles. The van der Waals surface area contributed by atoms with Gasteiger partial charge in [-0.1, -0.05) is 20.8 Å². The van der Waals surface area contributed by atoms with E-state index in [0.717, 1.165) is 0 Å². The average Bonchev–Trinajstić information content (AvgIpc) is 2.27. The van der Waals surface area contributed by atoms with E-state index >= 15 is 0 Å². The largest absolute Gasteiger partial charge is 0.388 e. The topological polar surface area (TPSA) is 66.4 Å². The van der Waals surface area contributed by atoms with Gasteiger partial charge in [0.05, 0.1) is 0 Å². The van der Waals surface area contributed by atoms with E-state index < -0.39 is 12.0 Å². The second-order valence-electron chi connectivity index (χ2n) is 4.86. The van der Waals surface area contributed by atoms with Crippen LogP contribution in [0.3, 0.4) is 0 Å². The molecule has 0 heterocycles. The predicted octanol–water partition coefficient (Wildman–Crippen LogP) is 1.85. The van der Waals surface area contributed by atoms with E-state index in [4.69, 9.17) is 5.11 Å². The molecule has 17 heavy (non-hydrogen) atoms. The minimum absolute atomic E-state index is 0.0845. The molecule has 1 aromatic carbocycles. The quantitative estimate of drug-likeness (QED) is 0.786. The number of aliphatic hydroxyl groups excluding tert-OH is 1. The Morgan fingerprint density at radius 3 is 2.12 bits per heavy atom. The van der Waals surface area contributed by atoms with Gasteiger partial charge in [0, 0.05) is 16.7 Å². The molecular weight excluding hydrogens is 218 g/mol. The molecule has 0 bridgehead atoms. The summed E-state index contributed by atoms with van der Waals surface area (Å²) >= 11 is 0. The first-order valence-electron chi connectivity index (χ1n) is 5.40. The Hall–Kier alpha value is -1.68. The highest BCUT2D eigenvalue weighted by molar-refractivity contribution is 5.98. The van der Waals surface area contributed by atoms with Crippen molar-refractivity contribution in [2.75, 3.05) is 11.9 Å². The van der Waals surface area contributed by atoms with Crippen molar-refractivity contribution in [2.45, 2.75) is 20.8 Å². The molecule has 0 aliphatic rings. The van der Waals surface area contributed by atoms with Gasteiger partial charge in [0.1, 0.15) is 6.61 Å². The standard InChI is InChI=1S/C13H17NO3/c1-13(2,3)12(17)14-10-6-4-9(5-7-10)11(16)8-15/h4-7,15H,8H2,1-3H3,(H,14,17). The molecule has 1 rings (SSSR count). The normalized spacial score (nSPS) is 11.1. The molecule has 4 heteroatoms. The smallest absolute Gasteiger partial charge is 0.229 e. The van der Waals surface area contributed by atoms with E-state index in [1.165, 1.54) is 0 Å². The molecule has 0 unspecified atom stereocenters. The number of hydrogen-bond acceptors (Lipinski definition) is 3. The molecule has 92 valence electrons. The lowest BCUT2D eigenvalue weighted by Gasteiger charge is -2.17. The molecule has 0 atom stereocenters. The lowest BCUT2D eigenvalue weighted by molar-refractivity contribution is -0.123. The third kappa shape index (κ3) is 3.67. The number of anilines is 1. The van der Waals surface area contributed by atoms with Crippen molar-refractivity contribution in [3.05, 3.63) is 29.8 Å². The molecule has 0 aliphatic heterocycles. The van der Waals surface area contributed by atoms with Crippen LogP contribution in [0.4, 0.5) is 5.69 Å². The molecule has 0 radical (unpaired) electrons. The molecule has 1 amide bonds. The number of carbonyl (C=O) groups is 2. The maximum Gasteiger partial charge on any atom is 0.229 e. The van der Waals surface area contributed by atoms with Gasteiger partial charge < -0.3 is 10.4 Å². The van der Waals surface area contributed by atoms with Gasteiger partial charge in [-0.3, -0.25) is 9.59 Å². The lowest BCUT2D eigenvalue weighted by atomic mass is 9.95. The summed E-state index contributed by atoms with van der Waals surface area (Å²) in [6.45, 7) is 4.97. The Morgan fingerprint density at radius 1 is 1.18 bits per heavy atom. The van der Waals surface area contributed by atoms with Crippen LogP contribution in [0.25, 0.3) is 0 Å². The summed E-state index contributed by atoms with van der Waals surface area (Å²) in [4.78, 5) is 22.9. The summed E-state index contributed by atoms with van der Waals surface area (Å²) in [7, 11) is 0. The number of rotatable bonds is 3. The van der Waals surface area contributed by atoms with E-state index in [1.54, 1.807) is 24.3 Å². The van der Waals surface area contributed by atoms with Crippen molar-refractivity contribution in [3.63, 3.8) is 0 Å². The van der Waals surface area contributed by atoms with Crippen LogP contribution >= 0.6 is 0 Å². The van der Waals surface area contributed by atoms with Gasteiger partial charge in [0.2, 0.25) is 5.91 Å². The van der Waals surface area contributed by atoms with Crippen LogP contribution in [0.2, 0.25) is 0 Å². The van der Waals surface area contributed by atoms with Crippen LogP contribution in [-0.4, -0.2) is 23.4 Å². The fourth-order valence-corrected chi connectivity index (χ4v) is 1.15. The van der Waals surface area contributed by atoms with Gasteiger partial charge in [-0.25, -0.2) is 0 Å². The minimum atomic E-state index is -0.506. The van der Waals surface area contributed by atoms with E-state index in [1.807, 2.05) is 20.8 Å². The average molecular weight is 235 g/mol. The van der Waals surface area contributed by atoms with Crippen molar-refractivity contribution in [1.82, 2.24) is 0 Å². The third-order valence-electron chi connectivity index (χ3n) is 2.29. The first-order valence-corrected chi connectivity index (χ1v) is 5.40. The first-order chi connectivity index (χ1) is 7.84. The molecule has 1 aromatic rings. The number of hydrogen-bond donors (Lipinski definition) is 2. The minimum Gasteiger partial charge on any atom is -0.388 e. The van der Waals surface area contributed by atoms with E-state index in [9.17, 15) is 9.59 Å². The van der Waals surface area contributed by atoms with E-state index in [-0.39, 0.29) is 11.7 Å². The summed E-state index contributed by atoms with van der Waals surface area (Å²) in [6, 6.07) is 6.45. The maximum absolute atomic E-state index is 11.7. The van der Waals surface area contributed by atoms with Gasteiger partial charge >= 0.3 is 0 Å². The fourth-order valence-electron chi connectivity index (χ4n) is 1.15. The van der Waals surface area contributed by atoms with Crippen LogP contribution in [0.5, 0.6) is 0 Å². The number of amides is 1. The zero-order valence-electron chi connectivity index (χ0n) is 10.3. The SMILES string of the molecule is CC(C)(C)C(=O)Nc1ccc(C(=O)CO)cc1. The van der Waals surface area contributed by atoms with Crippen molar-refractivity contribution in [1.29, 1.82) is 0 Å².